The number of unbranched alkanes of at least 4 members (excludes halogenated alkanes) is 3. The van der Waals surface area contributed by atoms with Gasteiger partial charge in [0.1, 0.15) is 0 Å². The Labute approximate surface area is 176 Å². The van der Waals surface area contributed by atoms with Gasteiger partial charge in [-0.25, -0.2) is 0 Å². The van der Waals surface area contributed by atoms with E-state index in [1.165, 1.54) is 0 Å². The molecule has 2 fully saturated rings. The first-order valence-electron chi connectivity index (χ1n) is 10.7. The summed E-state index contributed by atoms with van der Waals surface area (Å²) in [7, 11) is 0. The Hall–Kier alpha value is -2.24. The molecule has 2 aliphatic rings. The van der Waals surface area contributed by atoms with Crippen molar-refractivity contribution in [2.24, 2.45) is 0 Å². The number of hydrogen-bond acceptors (Lipinski definition) is 4. The summed E-state index contributed by atoms with van der Waals surface area (Å²) in [6, 6.07) is 0.388. The lowest BCUT2D eigenvalue weighted by molar-refractivity contribution is -0.121. The van der Waals surface area contributed by atoms with E-state index in [2.05, 4.69) is 44.2 Å². The SMILES string of the molecule is C=C1CC(N(C=O)CCCCCCN(C=O)C2CC(=C)NC(C)(C)C2)CC(=C)N1. The van der Waals surface area contributed by atoms with Gasteiger partial charge in [0, 0.05) is 67.1 Å². The molecule has 2 rings (SSSR count). The summed E-state index contributed by atoms with van der Waals surface area (Å²) in [6.07, 6.45) is 9.33. The fraction of sp³-hybridized carbons (Fsp3) is 0.652. The van der Waals surface area contributed by atoms with Crippen LogP contribution in [0.4, 0.5) is 0 Å². The third-order valence-electron chi connectivity index (χ3n) is 5.85. The van der Waals surface area contributed by atoms with Gasteiger partial charge < -0.3 is 20.4 Å². The molecule has 1 unspecified atom stereocenters. The van der Waals surface area contributed by atoms with Crippen LogP contribution in [0.3, 0.4) is 0 Å². The smallest absolute Gasteiger partial charge is 0.209 e. The third-order valence-corrected chi connectivity index (χ3v) is 5.85. The minimum absolute atomic E-state index is 0.0230. The van der Waals surface area contributed by atoms with Crippen LogP contribution in [0.2, 0.25) is 0 Å². The van der Waals surface area contributed by atoms with E-state index in [1.807, 2.05) is 9.80 Å². The van der Waals surface area contributed by atoms with Gasteiger partial charge in [-0.05, 0) is 33.1 Å². The summed E-state index contributed by atoms with van der Waals surface area (Å²) in [6.45, 7) is 17.9. The Morgan fingerprint density at radius 1 is 0.862 bits per heavy atom. The van der Waals surface area contributed by atoms with Crippen LogP contribution >= 0.6 is 0 Å². The molecule has 0 radical (unpaired) electrons. The number of nitrogens with zero attached hydrogens (tertiary/aromatic N) is 2. The minimum atomic E-state index is -0.0230. The summed E-state index contributed by atoms with van der Waals surface area (Å²) in [4.78, 5) is 26.9. The van der Waals surface area contributed by atoms with Crippen LogP contribution in [0.25, 0.3) is 0 Å². The summed E-state index contributed by atoms with van der Waals surface area (Å²) >= 11 is 0. The van der Waals surface area contributed by atoms with E-state index in [0.29, 0.717) is 0 Å². The first-order chi connectivity index (χ1) is 13.7. The molecule has 29 heavy (non-hydrogen) atoms. The molecule has 0 saturated carbocycles. The third kappa shape index (κ3) is 7.26. The molecule has 2 heterocycles. The summed E-state index contributed by atoms with van der Waals surface area (Å²) in [5, 5.41) is 6.56. The lowest BCUT2D eigenvalue weighted by Gasteiger charge is -2.42. The lowest BCUT2D eigenvalue weighted by Crippen LogP contribution is -2.51. The van der Waals surface area contributed by atoms with Crippen molar-refractivity contribution in [2.75, 3.05) is 13.1 Å². The number of amides is 2. The maximum absolute atomic E-state index is 11.6. The van der Waals surface area contributed by atoms with E-state index >= 15 is 0 Å². The molecule has 1 atom stereocenters. The monoisotopic (exact) mass is 402 g/mol. The largest absolute Gasteiger partial charge is 0.384 e. The van der Waals surface area contributed by atoms with Crippen LogP contribution in [0, 0.1) is 0 Å². The van der Waals surface area contributed by atoms with Gasteiger partial charge in [-0.3, -0.25) is 9.59 Å². The molecular weight excluding hydrogens is 364 g/mol. The van der Waals surface area contributed by atoms with Gasteiger partial charge >= 0.3 is 0 Å². The van der Waals surface area contributed by atoms with E-state index < -0.39 is 0 Å². The van der Waals surface area contributed by atoms with Gasteiger partial charge in [0.15, 0.2) is 0 Å². The Bertz CT molecular complexity index is 612. The molecule has 0 aliphatic carbocycles. The molecular formula is C23H38N4O2. The van der Waals surface area contributed by atoms with Crippen molar-refractivity contribution >= 4 is 12.8 Å². The van der Waals surface area contributed by atoms with Crippen LogP contribution in [0.5, 0.6) is 0 Å². The molecule has 0 aromatic rings. The van der Waals surface area contributed by atoms with Crippen molar-refractivity contribution in [2.45, 2.75) is 82.8 Å². The second-order valence-corrected chi connectivity index (χ2v) is 9.17. The number of nitrogens with one attached hydrogen (secondary N) is 2. The second kappa shape index (κ2) is 10.5. The number of carbonyl (C=O) groups is 2. The van der Waals surface area contributed by atoms with E-state index in [0.717, 1.165) is 94.4 Å². The molecule has 0 aromatic carbocycles. The van der Waals surface area contributed by atoms with Crippen LogP contribution in [0.1, 0.15) is 65.2 Å². The zero-order valence-electron chi connectivity index (χ0n) is 18.2. The Morgan fingerprint density at radius 3 is 1.83 bits per heavy atom. The normalized spacial score (nSPS) is 21.9. The number of carbonyl (C=O) groups excluding carboxylic acids is 2. The fourth-order valence-corrected chi connectivity index (χ4v) is 4.57. The number of rotatable bonds is 11. The predicted molar refractivity (Wildman–Crippen MR) is 118 cm³/mol. The van der Waals surface area contributed by atoms with E-state index in [1.54, 1.807) is 0 Å². The maximum Gasteiger partial charge on any atom is 0.209 e. The second-order valence-electron chi connectivity index (χ2n) is 9.17. The molecule has 0 spiro atoms. The fourth-order valence-electron chi connectivity index (χ4n) is 4.57. The van der Waals surface area contributed by atoms with Crippen LogP contribution < -0.4 is 10.6 Å². The highest BCUT2D eigenvalue weighted by molar-refractivity contribution is 5.48. The van der Waals surface area contributed by atoms with Crippen LogP contribution in [-0.2, 0) is 9.59 Å². The Balaban J connectivity index is 1.68. The van der Waals surface area contributed by atoms with Crippen molar-refractivity contribution in [1.29, 1.82) is 0 Å². The molecule has 0 aromatic heterocycles. The standard InChI is InChI=1S/C23H38N4O2/c1-18-12-21(13-19(2)24-18)26(16-28)10-8-6-7-9-11-27(17-29)22-14-20(3)25-23(4,5)15-22/h16-17,21-22,24-25H,1-3,6-15H2,4-5H3. The number of hydrogen-bond donors (Lipinski definition) is 2. The number of piperidine rings is 2. The average Bonchev–Trinajstić information content (AvgIpc) is 2.61. The van der Waals surface area contributed by atoms with Gasteiger partial charge in [-0.15, -0.1) is 0 Å². The quantitative estimate of drug-likeness (QED) is 0.411. The first-order valence-corrected chi connectivity index (χ1v) is 10.7. The van der Waals surface area contributed by atoms with Crippen molar-refractivity contribution in [3.05, 3.63) is 36.8 Å². The van der Waals surface area contributed by atoms with Crippen LogP contribution in [0.15, 0.2) is 36.8 Å². The summed E-state index contributed by atoms with van der Waals surface area (Å²) in [5.41, 5.74) is 2.84. The molecule has 162 valence electrons. The van der Waals surface area contributed by atoms with E-state index in [-0.39, 0.29) is 17.6 Å². The average molecular weight is 403 g/mol. The molecule has 2 saturated heterocycles. The molecule has 6 heteroatoms. The molecule has 2 N–H and O–H groups in total. The zero-order chi connectivity index (χ0) is 21.4. The van der Waals surface area contributed by atoms with Crippen molar-refractivity contribution in [1.82, 2.24) is 20.4 Å². The molecule has 2 amide bonds. The van der Waals surface area contributed by atoms with Gasteiger partial charge in [-0.2, -0.15) is 0 Å². The van der Waals surface area contributed by atoms with E-state index in [4.69, 9.17) is 0 Å². The maximum atomic E-state index is 11.6. The molecule has 0 bridgehead atoms. The van der Waals surface area contributed by atoms with Crippen molar-refractivity contribution in [3.63, 3.8) is 0 Å². The first kappa shape index (κ1) is 23.0. The highest BCUT2D eigenvalue weighted by Crippen LogP contribution is 2.27. The minimum Gasteiger partial charge on any atom is -0.384 e. The summed E-state index contributed by atoms with van der Waals surface area (Å²) < 4.78 is 0. The van der Waals surface area contributed by atoms with E-state index in [9.17, 15) is 9.59 Å². The van der Waals surface area contributed by atoms with Gasteiger partial charge in [0.2, 0.25) is 12.8 Å². The highest BCUT2D eigenvalue weighted by atomic mass is 16.1. The molecule has 6 nitrogen and oxygen atoms in total. The van der Waals surface area contributed by atoms with Crippen LogP contribution in [-0.4, -0.2) is 53.3 Å². The predicted octanol–water partition coefficient (Wildman–Crippen LogP) is 3.29. The lowest BCUT2D eigenvalue weighted by atomic mass is 9.87. The van der Waals surface area contributed by atoms with Gasteiger partial charge in [-0.1, -0.05) is 32.6 Å². The Morgan fingerprint density at radius 2 is 1.34 bits per heavy atom. The topological polar surface area (TPSA) is 64.7 Å². The Kier molecular flexibility index (Phi) is 8.35. The summed E-state index contributed by atoms with van der Waals surface area (Å²) in [5.74, 6) is 0. The van der Waals surface area contributed by atoms with Gasteiger partial charge in [0.25, 0.3) is 0 Å². The van der Waals surface area contributed by atoms with Crippen molar-refractivity contribution in [3.8, 4) is 0 Å². The van der Waals surface area contributed by atoms with Gasteiger partial charge in [0.05, 0.1) is 0 Å². The molecule has 2 aliphatic heterocycles. The zero-order valence-corrected chi connectivity index (χ0v) is 18.2. The highest BCUT2D eigenvalue weighted by Gasteiger charge is 2.32. The van der Waals surface area contributed by atoms with Crippen molar-refractivity contribution < 1.29 is 9.59 Å².